The Labute approximate surface area is 74.2 Å². The van der Waals surface area contributed by atoms with E-state index in [4.69, 9.17) is 20.1 Å². The van der Waals surface area contributed by atoms with Gasteiger partial charge in [0, 0.05) is 13.0 Å². The van der Waals surface area contributed by atoms with Crippen LogP contribution in [0, 0.1) is 0 Å². The number of hydrogen-bond donors (Lipinski definition) is 5. The number of nitrogens with two attached hydrogens (primary N) is 1. The fraction of sp³-hybridized carbons (Fsp3) is 0.667. The molecule has 13 heavy (non-hydrogen) atoms. The molecule has 0 radical (unpaired) electrons. The Hall–Kier alpha value is -1.34. The zero-order valence-electron chi connectivity index (χ0n) is 6.80. The molecule has 1 saturated heterocycles. The van der Waals surface area contributed by atoms with Crippen LogP contribution in [0.1, 0.15) is 6.42 Å². The van der Waals surface area contributed by atoms with Crippen molar-refractivity contribution in [1.29, 1.82) is 0 Å². The van der Waals surface area contributed by atoms with Crippen molar-refractivity contribution in [3.8, 4) is 0 Å². The van der Waals surface area contributed by atoms with Gasteiger partial charge in [-0.05, 0) is 0 Å². The number of aliphatic hydroxyl groups is 1. The lowest BCUT2D eigenvalue weighted by Gasteiger charge is -1.99. The van der Waals surface area contributed by atoms with Crippen molar-refractivity contribution in [3.63, 3.8) is 0 Å². The number of primary amides is 1. The quantitative estimate of drug-likeness (QED) is 0.340. The number of carboxylic acid groups (broad SMARTS) is 2. The maximum Gasteiger partial charge on any atom is 0.402 e. The van der Waals surface area contributed by atoms with Crippen LogP contribution in [-0.4, -0.2) is 46.1 Å². The highest BCUT2D eigenvalue weighted by Crippen LogP contribution is 2.05. The molecule has 0 saturated carbocycles. The van der Waals surface area contributed by atoms with Crippen molar-refractivity contribution in [2.24, 2.45) is 5.73 Å². The molecule has 1 amide bonds. The van der Waals surface area contributed by atoms with Crippen LogP contribution >= 0.6 is 0 Å². The third-order valence-electron chi connectivity index (χ3n) is 1.41. The van der Waals surface area contributed by atoms with Crippen LogP contribution in [0.4, 0.5) is 4.79 Å². The average Bonchev–Trinajstić information content (AvgIpc) is 2.34. The summed E-state index contributed by atoms with van der Waals surface area (Å²) in [4.78, 5) is 19.0. The van der Waals surface area contributed by atoms with E-state index >= 15 is 0 Å². The summed E-state index contributed by atoms with van der Waals surface area (Å²) >= 11 is 0. The summed E-state index contributed by atoms with van der Waals surface area (Å²) in [6, 6.07) is -0.542. The Bertz CT molecular complexity index is 191. The molecule has 0 aliphatic carbocycles. The average molecular weight is 192 g/mol. The Morgan fingerprint density at radius 3 is 2.00 bits per heavy atom. The van der Waals surface area contributed by atoms with Crippen LogP contribution in [0.25, 0.3) is 0 Å². The molecule has 7 heteroatoms. The lowest BCUT2D eigenvalue weighted by molar-refractivity contribution is -0.139. The molecule has 1 rings (SSSR count). The van der Waals surface area contributed by atoms with Crippen molar-refractivity contribution < 1.29 is 24.9 Å². The third kappa shape index (κ3) is 5.88. The van der Waals surface area contributed by atoms with E-state index in [-0.39, 0.29) is 0 Å². The summed E-state index contributed by atoms with van der Waals surface area (Å²) in [6.07, 6.45) is -1.49. The molecule has 0 aromatic carbocycles. The smallest absolute Gasteiger partial charge is 0.402 e. The van der Waals surface area contributed by atoms with Gasteiger partial charge in [-0.2, -0.15) is 0 Å². The molecule has 7 nitrogen and oxygen atoms in total. The van der Waals surface area contributed by atoms with E-state index in [1.165, 1.54) is 0 Å². The highest BCUT2D eigenvalue weighted by atomic mass is 16.4. The number of β-amino-alcohol motifs (C(OH)–C–C–N with tert-alkyl or cyclic N) is 1. The van der Waals surface area contributed by atoms with E-state index in [1.54, 1.807) is 0 Å². The first kappa shape index (κ1) is 11.7. The number of carbonyl (C=O) groups is 2. The Balaban J connectivity index is 0.000000310. The van der Waals surface area contributed by atoms with Gasteiger partial charge in [0.15, 0.2) is 0 Å². The summed E-state index contributed by atoms with van der Waals surface area (Å²) in [7, 11) is 0. The predicted octanol–water partition coefficient (Wildman–Crippen LogP) is -1.58. The molecule has 0 bridgehead atoms. The largest absolute Gasteiger partial charge is 0.480 e. The molecule has 76 valence electrons. The summed E-state index contributed by atoms with van der Waals surface area (Å²) in [5, 5.41) is 27.0. The fourth-order valence-electron chi connectivity index (χ4n) is 0.905. The van der Waals surface area contributed by atoms with Crippen molar-refractivity contribution in [2.75, 3.05) is 6.54 Å². The fourth-order valence-corrected chi connectivity index (χ4v) is 0.905. The molecule has 6 N–H and O–H groups in total. The lowest BCUT2D eigenvalue weighted by Crippen LogP contribution is -2.29. The minimum atomic E-state index is -1.33. The summed E-state index contributed by atoms with van der Waals surface area (Å²) in [6.45, 7) is 0.400. The predicted molar refractivity (Wildman–Crippen MR) is 42.3 cm³/mol. The highest BCUT2D eigenvalue weighted by molar-refractivity contribution is 5.73. The molecule has 1 heterocycles. The molecule has 0 aromatic rings. The molecular formula is C6H12N2O5. The summed E-state index contributed by atoms with van der Waals surface area (Å²) in [5.41, 5.74) is 4.03. The van der Waals surface area contributed by atoms with Gasteiger partial charge in [0.2, 0.25) is 0 Å². The standard InChI is InChI=1S/C5H9NO3.CH3NO2/c7-3-1-4(5(8)9)6-2-3;2-1(3)4/h3-4,6-7H,1-2H2,(H,8,9);2H2,(H,3,4). The molecule has 2 atom stereocenters. The highest BCUT2D eigenvalue weighted by Gasteiger charge is 2.27. The van der Waals surface area contributed by atoms with Gasteiger partial charge >= 0.3 is 12.1 Å². The van der Waals surface area contributed by atoms with E-state index in [1.807, 2.05) is 0 Å². The maximum absolute atomic E-state index is 10.2. The second-order valence-electron chi connectivity index (χ2n) is 2.53. The molecule has 0 spiro atoms. The van der Waals surface area contributed by atoms with Crippen LogP contribution < -0.4 is 11.1 Å². The van der Waals surface area contributed by atoms with Crippen molar-refractivity contribution in [3.05, 3.63) is 0 Å². The second kappa shape index (κ2) is 5.33. The molecule has 0 aromatic heterocycles. The number of hydrogen-bond acceptors (Lipinski definition) is 4. The summed E-state index contributed by atoms with van der Waals surface area (Å²) < 4.78 is 0. The third-order valence-corrected chi connectivity index (χ3v) is 1.41. The topological polar surface area (TPSA) is 133 Å². The molecule has 1 aliphatic rings. The first-order valence-electron chi connectivity index (χ1n) is 3.56. The van der Waals surface area contributed by atoms with Crippen molar-refractivity contribution in [2.45, 2.75) is 18.6 Å². The van der Waals surface area contributed by atoms with E-state index in [2.05, 4.69) is 11.1 Å². The van der Waals surface area contributed by atoms with Crippen LogP contribution in [0.3, 0.4) is 0 Å². The Morgan fingerprint density at radius 2 is 1.85 bits per heavy atom. The first-order valence-corrected chi connectivity index (χ1v) is 3.56. The molecule has 2 unspecified atom stereocenters. The van der Waals surface area contributed by atoms with Crippen LogP contribution in [0.15, 0.2) is 0 Å². The van der Waals surface area contributed by atoms with Gasteiger partial charge in [0.25, 0.3) is 0 Å². The Morgan fingerprint density at radius 1 is 1.38 bits per heavy atom. The minimum absolute atomic E-state index is 0.329. The van der Waals surface area contributed by atoms with Gasteiger partial charge in [-0.3, -0.25) is 4.79 Å². The lowest BCUT2D eigenvalue weighted by atomic mass is 10.2. The summed E-state index contributed by atoms with van der Waals surface area (Å²) in [5.74, 6) is -0.883. The van der Waals surface area contributed by atoms with Gasteiger partial charge < -0.3 is 26.4 Å². The van der Waals surface area contributed by atoms with Gasteiger partial charge in [-0.15, -0.1) is 0 Å². The maximum atomic E-state index is 10.2. The normalized spacial score (nSPS) is 25.9. The zero-order valence-corrected chi connectivity index (χ0v) is 6.80. The number of amides is 1. The zero-order chi connectivity index (χ0) is 10.4. The number of aliphatic hydroxyl groups excluding tert-OH is 1. The van der Waals surface area contributed by atoms with Gasteiger partial charge in [-0.25, -0.2) is 4.79 Å². The van der Waals surface area contributed by atoms with Gasteiger partial charge in [0.1, 0.15) is 6.04 Å². The second-order valence-corrected chi connectivity index (χ2v) is 2.53. The number of carboxylic acids is 1. The molecule has 1 fully saturated rings. The molecular weight excluding hydrogens is 180 g/mol. The SMILES string of the molecule is NC(=O)O.O=C(O)C1CC(O)CN1. The van der Waals surface area contributed by atoms with Gasteiger partial charge in [-0.1, -0.05) is 0 Å². The van der Waals surface area contributed by atoms with Gasteiger partial charge in [0.05, 0.1) is 6.10 Å². The van der Waals surface area contributed by atoms with Crippen LogP contribution in [0.2, 0.25) is 0 Å². The van der Waals surface area contributed by atoms with Crippen LogP contribution in [0.5, 0.6) is 0 Å². The van der Waals surface area contributed by atoms with E-state index in [0.29, 0.717) is 13.0 Å². The molecule has 1 aliphatic heterocycles. The number of nitrogens with one attached hydrogen (secondary N) is 1. The Kier molecular flexibility index (Phi) is 4.78. The number of aliphatic carboxylic acids is 1. The van der Waals surface area contributed by atoms with Crippen molar-refractivity contribution >= 4 is 12.1 Å². The minimum Gasteiger partial charge on any atom is -0.480 e. The number of rotatable bonds is 1. The van der Waals surface area contributed by atoms with E-state index in [9.17, 15) is 4.79 Å². The van der Waals surface area contributed by atoms with Crippen LogP contribution in [-0.2, 0) is 4.79 Å². The first-order chi connectivity index (χ1) is 5.93. The van der Waals surface area contributed by atoms with E-state index < -0.39 is 24.2 Å². The van der Waals surface area contributed by atoms with E-state index in [0.717, 1.165) is 0 Å². The monoisotopic (exact) mass is 192 g/mol. The van der Waals surface area contributed by atoms with Crippen molar-refractivity contribution in [1.82, 2.24) is 5.32 Å².